The van der Waals surface area contributed by atoms with Crippen LogP contribution in [0.15, 0.2) is 18.7 Å². The fourth-order valence-electron chi connectivity index (χ4n) is 3.21. The number of hydrogen-bond donors (Lipinski definition) is 0. The molecule has 0 spiro atoms. The summed E-state index contributed by atoms with van der Waals surface area (Å²) in [5.41, 5.74) is 0. The van der Waals surface area contributed by atoms with Gasteiger partial charge in [0.15, 0.2) is 11.9 Å². The standard InChI is InChI=1S/C21H28N2O5/c1-4-17-8-7-16(3)20(25)27-13-5-6-15(2)19(24)18(10-9-17)28-21(26)23-12-11-22-14-23/h1,11-12,14-18H,5-10,13H2,2-3H3/t15-,16-,17-,18?/m1/s1. The first-order chi connectivity index (χ1) is 13.4. The number of esters is 1. The van der Waals surface area contributed by atoms with E-state index in [1.54, 1.807) is 6.92 Å². The van der Waals surface area contributed by atoms with E-state index in [2.05, 4.69) is 10.9 Å². The van der Waals surface area contributed by atoms with Gasteiger partial charge >= 0.3 is 12.1 Å². The molecule has 0 amide bonds. The lowest BCUT2D eigenvalue weighted by Crippen LogP contribution is -2.33. The zero-order valence-electron chi connectivity index (χ0n) is 16.5. The minimum absolute atomic E-state index is 0.101. The Kier molecular flexibility index (Phi) is 8.24. The number of nitrogens with zero attached hydrogens (tertiary/aromatic N) is 2. The third-order valence-electron chi connectivity index (χ3n) is 5.15. The molecule has 0 aliphatic carbocycles. The van der Waals surface area contributed by atoms with Crippen molar-refractivity contribution in [2.24, 2.45) is 17.8 Å². The summed E-state index contributed by atoms with van der Waals surface area (Å²) in [6, 6.07) is 0. The lowest BCUT2D eigenvalue weighted by Gasteiger charge is -2.23. The van der Waals surface area contributed by atoms with Crippen LogP contribution in [0.2, 0.25) is 0 Å². The summed E-state index contributed by atoms with van der Waals surface area (Å²) in [6.07, 6.45) is 11.7. The molecule has 28 heavy (non-hydrogen) atoms. The molecule has 1 aliphatic heterocycles. The largest absolute Gasteiger partial charge is 0.465 e. The first-order valence-electron chi connectivity index (χ1n) is 9.77. The highest BCUT2D eigenvalue weighted by Crippen LogP contribution is 2.23. The molecule has 1 aromatic heterocycles. The van der Waals surface area contributed by atoms with Crippen LogP contribution in [0.3, 0.4) is 0 Å². The number of cyclic esters (lactones) is 1. The first-order valence-corrected chi connectivity index (χ1v) is 9.77. The van der Waals surface area contributed by atoms with Crippen molar-refractivity contribution in [2.75, 3.05) is 6.61 Å². The third kappa shape index (κ3) is 6.22. The number of aromatic nitrogens is 2. The maximum atomic E-state index is 12.9. The van der Waals surface area contributed by atoms with Crippen LogP contribution >= 0.6 is 0 Å². The van der Waals surface area contributed by atoms with Crippen LogP contribution in [0.1, 0.15) is 52.4 Å². The molecule has 0 aromatic carbocycles. The Labute approximate surface area is 165 Å². The Morgan fingerprint density at radius 1 is 1.21 bits per heavy atom. The second-order valence-corrected chi connectivity index (χ2v) is 7.37. The topological polar surface area (TPSA) is 87.5 Å². The minimum Gasteiger partial charge on any atom is -0.465 e. The predicted octanol–water partition coefficient (Wildman–Crippen LogP) is 3.22. The van der Waals surface area contributed by atoms with E-state index < -0.39 is 12.2 Å². The Morgan fingerprint density at radius 3 is 2.64 bits per heavy atom. The van der Waals surface area contributed by atoms with Gasteiger partial charge in [-0.3, -0.25) is 9.59 Å². The Bertz CT molecular complexity index is 707. The molecule has 1 aliphatic rings. The highest BCUT2D eigenvalue weighted by atomic mass is 16.6. The molecule has 0 radical (unpaired) electrons. The molecular formula is C21H28N2O5. The van der Waals surface area contributed by atoms with Gasteiger partial charge in [-0.05, 0) is 38.5 Å². The number of ether oxygens (including phenoxy) is 2. The molecule has 1 unspecified atom stereocenters. The molecule has 7 heteroatoms. The van der Waals surface area contributed by atoms with Crippen LogP contribution in [-0.4, -0.2) is 40.1 Å². The van der Waals surface area contributed by atoms with Crippen molar-refractivity contribution in [3.8, 4) is 12.3 Å². The van der Waals surface area contributed by atoms with Crippen molar-refractivity contribution >= 4 is 17.8 Å². The number of carbonyl (C=O) groups excluding carboxylic acids is 3. The number of ketones is 1. The summed E-state index contributed by atoms with van der Waals surface area (Å²) in [4.78, 5) is 41.0. The Morgan fingerprint density at radius 2 is 1.96 bits per heavy atom. The summed E-state index contributed by atoms with van der Waals surface area (Å²) < 4.78 is 12.0. The van der Waals surface area contributed by atoms with Crippen LogP contribution in [0, 0.1) is 30.1 Å². The van der Waals surface area contributed by atoms with Crippen molar-refractivity contribution in [3.05, 3.63) is 18.7 Å². The lowest BCUT2D eigenvalue weighted by atomic mass is 9.89. The number of Topliss-reactive ketones (excluding diaryl/α,β-unsaturated/α-hetero) is 1. The zero-order chi connectivity index (χ0) is 20.5. The number of rotatable bonds is 1. The monoisotopic (exact) mass is 388 g/mol. The lowest BCUT2D eigenvalue weighted by molar-refractivity contribution is -0.148. The van der Waals surface area contributed by atoms with E-state index in [1.807, 2.05) is 6.92 Å². The van der Waals surface area contributed by atoms with Gasteiger partial charge in [0.2, 0.25) is 0 Å². The quantitative estimate of drug-likeness (QED) is 0.542. The number of terminal acetylenes is 1. The SMILES string of the molecule is C#C[C@H]1CCC(OC(=O)n2ccnc2)C(=O)[C@H](C)CCCOC(=O)[C@H](C)CC1. The Hall–Kier alpha value is -2.62. The van der Waals surface area contributed by atoms with Gasteiger partial charge in [0.1, 0.15) is 6.33 Å². The van der Waals surface area contributed by atoms with Crippen molar-refractivity contribution in [3.63, 3.8) is 0 Å². The van der Waals surface area contributed by atoms with E-state index in [0.29, 0.717) is 38.5 Å². The number of imidazole rings is 1. The number of hydrogen-bond acceptors (Lipinski definition) is 6. The average Bonchev–Trinajstić information content (AvgIpc) is 3.23. The summed E-state index contributed by atoms with van der Waals surface area (Å²) in [5.74, 6) is 1.73. The van der Waals surface area contributed by atoms with E-state index in [0.717, 1.165) is 0 Å². The molecule has 7 nitrogen and oxygen atoms in total. The van der Waals surface area contributed by atoms with E-state index in [4.69, 9.17) is 15.9 Å². The first kappa shape index (κ1) is 21.7. The fourth-order valence-corrected chi connectivity index (χ4v) is 3.21. The molecule has 0 bridgehead atoms. The Balaban J connectivity index is 2.11. The second kappa shape index (κ2) is 10.6. The van der Waals surface area contributed by atoms with Crippen molar-refractivity contribution in [2.45, 2.75) is 58.5 Å². The van der Waals surface area contributed by atoms with Crippen molar-refractivity contribution in [1.82, 2.24) is 9.55 Å². The molecular weight excluding hydrogens is 360 g/mol. The molecule has 0 saturated carbocycles. The summed E-state index contributed by atoms with van der Waals surface area (Å²) in [7, 11) is 0. The molecule has 1 fully saturated rings. The van der Waals surface area contributed by atoms with Gasteiger partial charge in [-0.25, -0.2) is 14.3 Å². The van der Waals surface area contributed by atoms with Crippen LogP contribution in [-0.2, 0) is 19.1 Å². The molecule has 2 rings (SSSR count). The van der Waals surface area contributed by atoms with E-state index in [-0.39, 0.29) is 36.1 Å². The fraction of sp³-hybridized carbons (Fsp3) is 0.619. The second-order valence-electron chi connectivity index (χ2n) is 7.37. The van der Waals surface area contributed by atoms with Crippen LogP contribution in [0.4, 0.5) is 4.79 Å². The smallest absolute Gasteiger partial charge is 0.419 e. The molecule has 4 atom stereocenters. The van der Waals surface area contributed by atoms with Crippen molar-refractivity contribution < 1.29 is 23.9 Å². The van der Waals surface area contributed by atoms with E-state index >= 15 is 0 Å². The predicted molar refractivity (Wildman–Crippen MR) is 102 cm³/mol. The van der Waals surface area contributed by atoms with E-state index in [1.165, 1.54) is 23.3 Å². The molecule has 1 saturated heterocycles. The van der Waals surface area contributed by atoms with Gasteiger partial charge in [0.05, 0.1) is 12.5 Å². The highest BCUT2D eigenvalue weighted by Gasteiger charge is 2.29. The van der Waals surface area contributed by atoms with Crippen molar-refractivity contribution in [1.29, 1.82) is 0 Å². The zero-order valence-corrected chi connectivity index (χ0v) is 16.5. The molecule has 1 aromatic rings. The van der Waals surface area contributed by atoms with Gasteiger partial charge < -0.3 is 9.47 Å². The summed E-state index contributed by atoms with van der Waals surface area (Å²) in [6.45, 7) is 3.91. The summed E-state index contributed by atoms with van der Waals surface area (Å²) in [5, 5.41) is 0. The minimum atomic E-state index is -0.858. The molecule has 2 heterocycles. The van der Waals surface area contributed by atoms with Gasteiger partial charge in [0, 0.05) is 24.2 Å². The number of carbonyl (C=O) groups is 3. The van der Waals surface area contributed by atoms with Crippen LogP contribution in [0.25, 0.3) is 0 Å². The van der Waals surface area contributed by atoms with Crippen LogP contribution < -0.4 is 0 Å². The normalized spacial score (nSPS) is 27.9. The third-order valence-corrected chi connectivity index (χ3v) is 5.15. The van der Waals surface area contributed by atoms with Gasteiger partial charge in [0.25, 0.3) is 0 Å². The van der Waals surface area contributed by atoms with Gasteiger partial charge in [-0.1, -0.05) is 13.8 Å². The highest BCUT2D eigenvalue weighted by molar-refractivity contribution is 5.87. The molecule has 0 N–H and O–H groups in total. The molecule has 152 valence electrons. The maximum Gasteiger partial charge on any atom is 0.419 e. The van der Waals surface area contributed by atoms with Gasteiger partial charge in [-0.2, -0.15) is 0 Å². The average molecular weight is 388 g/mol. The van der Waals surface area contributed by atoms with Crippen LogP contribution in [0.5, 0.6) is 0 Å². The summed E-state index contributed by atoms with van der Waals surface area (Å²) >= 11 is 0. The van der Waals surface area contributed by atoms with Gasteiger partial charge in [-0.15, -0.1) is 12.3 Å². The van der Waals surface area contributed by atoms with E-state index in [9.17, 15) is 14.4 Å². The maximum absolute atomic E-state index is 12.9.